The molecule has 76 valence electrons. The lowest BCUT2D eigenvalue weighted by Crippen LogP contribution is -2.61. The largest absolute Gasteiger partial charge is 0.309 e. The monoisotopic (exact) mass is 182 g/mol. The molecule has 1 unspecified atom stereocenters. The molecule has 0 radical (unpaired) electrons. The second kappa shape index (κ2) is 3.58. The van der Waals surface area contributed by atoms with Gasteiger partial charge in [0.05, 0.1) is 0 Å². The minimum absolute atomic E-state index is 0.383. The lowest BCUT2D eigenvalue weighted by molar-refractivity contribution is 0.0604. The molecule has 1 aliphatic carbocycles. The summed E-state index contributed by atoms with van der Waals surface area (Å²) in [5.74, 6) is 0. The lowest BCUT2D eigenvalue weighted by atomic mass is 9.87. The molecule has 1 atom stereocenters. The van der Waals surface area contributed by atoms with Crippen LogP contribution in [0.15, 0.2) is 0 Å². The zero-order chi connectivity index (χ0) is 9.31. The van der Waals surface area contributed by atoms with Crippen LogP contribution in [0, 0.1) is 0 Å². The van der Waals surface area contributed by atoms with Gasteiger partial charge in [-0.25, -0.2) is 0 Å². The summed E-state index contributed by atoms with van der Waals surface area (Å²) in [5.41, 5.74) is 0.383. The fraction of sp³-hybridized carbons (Fsp3) is 1.00. The van der Waals surface area contributed by atoms with E-state index in [9.17, 15) is 0 Å². The van der Waals surface area contributed by atoms with E-state index in [1.54, 1.807) is 0 Å². The molecule has 1 heterocycles. The smallest absolute Gasteiger partial charge is 0.0278 e. The molecule has 1 saturated carbocycles. The second-order valence-electron chi connectivity index (χ2n) is 4.90. The van der Waals surface area contributed by atoms with E-state index in [1.807, 2.05) is 0 Å². The van der Waals surface area contributed by atoms with Crippen LogP contribution in [0.1, 0.15) is 39.5 Å². The normalized spacial score (nSPS) is 37.4. The van der Waals surface area contributed by atoms with Crippen molar-refractivity contribution in [3.63, 3.8) is 0 Å². The van der Waals surface area contributed by atoms with Gasteiger partial charge in [0.1, 0.15) is 0 Å². The summed E-state index contributed by atoms with van der Waals surface area (Å²) >= 11 is 0. The van der Waals surface area contributed by atoms with Crippen molar-refractivity contribution in [1.82, 2.24) is 10.2 Å². The van der Waals surface area contributed by atoms with Crippen molar-refractivity contribution in [3.05, 3.63) is 0 Å². The molecule has 0 aromatic heterocycles. The van der Waals surface area contributed by atoms with Gasteiger partial charge in [-0.05, 0) is 26.2 Å². The van der Waals surface area contributed by atoms with Crippen LogP contribution in [-0.4, -0.2) is 36.1 Å². The maximum atomic E-state index is 3.64. The number of hydrogen-bond donors (Lipinski definition) is 1. The average molecular weight is 182 g/mol. The van der Waals surface area contributed by atoms with E-state index >= 15 is 0 Å². The highest BCUT2D eigenvalue weighted by atomic mass is 15.2. The molecule has 13 heavy (non-hydrogen) atoms. The van der Waals surface area contributed by atoms with Crippen LogP contribution in [0.25, 0.3) is 0 Å². The van der Waals surface area contributed by atoms with Gasteiger partial charge >= 0.3 is 0 Å². The molecule has 0 aromatic rings. The third kappa shape index (κ3) is 1.89. The molecule has 0 spiro atoms. The van der Waals surface area contributed by atoms with Gasteiger partial charge in [0, 0.05) is 31.2 Å². The Labute approximate surface area is 81.7 Å². The van der Waals surface area contributed by atoms with Crippen molar-refractivity contribution in [2.75, 3.05) is 19.6 Å². The predicted octanol–water partition coefficient (Wildman–Crippen LogP) is 1.61. The average Bonchev–Trinajstić information content (AvgIpc) is 2.01. The summed E-state index contributed by atoms with van der Waals surface area (Å²) in [4.78, 5) is 2.70. The molecule has 0 aromatic carbocycles. The standard InChI is InChI=1S/C11H22N2/c1-3-11(2)9-13(8-7-12-11)10-5-4-6-10/h10,12H,3-9H2,1-2H3. The summed E-state index contributed by atoms with van der Waals surface area (Å²) in [6, 6.07) is 0.924. The minimum atomic E-state index is 0.383. The van der Waals surface area contributed by atoms with Crippen molar-refractivity contribution < 1.29 is 0 Å². The fourth-order valence-corrected chi connectivity index (χ4v) is 2.38. The van der Waals surface area contributed by atoms with E-state index in [0.29, 0.717) is 5.54 Å². The molecule has 2 nitrogen and oxygen atoms in total. The van der Waals surface area contributed by atoms with Crippen LogP contribution in [0.4, 0.5) is 0 Å². The predicted molar refractivity (Wildman–Crippen MR) is 55.9 cm³/mol. The first kappa shape index (κ1) is 9.47. The van der Waals surface area contributed by atoms with Crippen molar-refractivity contribution in [3.8, 4) is 0 Å². The summed E-state index contributed by atoms with van der Waals surface area (Å²) in [7, 11) is 0. The minimum Gasteiger partial charge on any atom is -0.309 e. The Kier molecular flexibility index (Phi) is 2.61. The molecular formula is C11H22N2. The Morgan fingerprint density at radius 2 is 2.23 bits per heavy atom. The van der Waals surface area contributed by atoms with Gasteiger partial charge in [-0.2, -0.15) is 0 Å². The zero-order valence-electron chi connectivity index (χ0n) is 8.97. The van der Waals surface area contributed by atoms with Gasteiger partial charge in [0.2, 0.25) is 0 Å². The molecule has 1 N–H and O–H groups in total. The van der Waals surface area contributed by atoms with E-state index in [0.717, 1.165) is 6.04 Å². The molecule has 0 amide bonds. The van der Waals surface area contributed by atoms with Crippen LogP contribution < -0.4 is 5.32 Å². The number of piperazine rings is 1. The highest BCUT2D eigenvalue weighted by Gasteiger charge is 2.34. The number of nitrogens with zero attached hydrogens (tertiary/aromatic N) is 1. The fourth-order valence-electron chi connectivity index (χ4n) is 2.38. The first-order valence-electron chi connectivity index (χ1n) is 5.72. The number of nitrogens with one attached hydrogen (secondary N) is 1. The Morgan fingerprint density at radius 1 is 1.46 bits per heavy atom. The number of hydrogen-bond acceptors (Lipinski definition) is 2. The number of rotatable bonds is 2. The molecule has 2 heteroatoms. The summed E-state index contributed by atoms with van der Waals surface area (Å²) < 4.78 is 0. The van der Waals surface area contributed by atoms with Gasteiger partial charge < -0.3 is 5.32 Å². The van der Waals surface area contributed by atoms with Crippen LogP contribution in [0.2, 0.25) is 0 Å². The van der Waals surface area contributed by atoms with Gasteiger partial charge in [-0.15, -0.1) is 0 Å². The second-order valence-corrected chi connectivity index (χ2v) is 4.90. The molecule has 2 aliphatic rings. The first-order valence-corrected chi connectivity index (χ1v) is 5.72. The summed E-state index contributed by atoms with van der Waals surface area (Å²) in [5, 5.41) is 3.64. The molecule has 1 saturated heterocycles. The van der Waals surface area contributed by atoms with Crippen LogP contribution in [0.5, 0.6) is 0 Å². The van der Waals surface area contributed by atoms with Gasteiger partial charge in [-0.1, -0.05) is 13.3 Å². The Morgan fingerprint density at radius 3 is 2.77 bits per heavy atom. The topological polar surface area (TPSA) is 15.3 Å². The van der Waals surface area contributed by atoms with Crippen LogP contribution >= 0.6 is 0 Å². The van der Waals surface area contributed by atoms with Crippen LogP contribution in [0.3, 0.4) is 0 Å². The van der Waals surface area contributed by atoms with Gasteiger partial charge in [0.15, 0.2) is 0 Å². The highest BCUT2D eigenvalue weighted by Crippen LogP contribution is 2.27. The highest BCUT2D eigenvalue weighted by molar-refractivity contribution is 4.93. The molecule has 0 bridgehead atoms. The maximum Gasteiger partial charge on any atom is 0.0278 e. The summed E-state index contributed by atoms with van der Waals surface area (Å²) in [6.07, 6.45) is 5.59. The molecular weight excluding hydrogens is 160 g/mol. The van der Waals surface area contributed by atoms with Crippen molar-refractivity contribution in [2.24, 2.45) is 0 Å². The van der Waals surface area contributed by atoms with Crippen molar-refractivity contribution in [1.29, 1.82) is 0 Å². The maximum absolute atomic E-state index is 3.64. The quantitative estimate of drug-likeness (QED) is 0.698. The van der Waals surface area contributed by atoms with Crippen LogP contribution in [-0.2, 0) is 0 Å². The molecule has 2 fully saturated rings. The van der Waals surface area contributed by atoms with E-state index < -0.39 is 0 Å². The van der Waals surface area contributed by atoms with Crippen molar-refractivity contribution in [2.45, 2.75) is 51.1 Å². The third-order valence-corrected chi connectivity index (χ3v) is 3.87. The van der Waals surface area contributed by atoms with E-state index in [2.05, 4.69) is 24.1 Å². The Bertz CT molecular complexity index is 177. The first-order chi connectivity index (χ1) is 6.23. The van der Waals surface area contributed by atoms with Crippen molar-refractivity contribution >= 4 is 0 Å². The van der Waals surface area contributed by atoms with E-state index in [-0.39, 0.29) is 0 Å². The molecule has 1 aliphatic heterocycles. The third-order valence-electron chi connectivity index (χ3n) is 3.87. The Balaban J connectivity index is 1.91. The molecule has 2 rings (SSSR count). The lowest BCUT2D eigenvalue weighted by Gasteiger charge is -2.47. The van der Waals surface area contributed by atoms with Gasteiger partial charge in [-0.3, -0.25) is 4.90 Å². The van der Waals surface area contributed by atoms with Gasteiger partial charge in [0.25, 0.3) is 0 Å². The summed E-state index contributed by atoms with van der Waals surface area (Å²) in [6.45, 7) is 8.35. The van der Waals surface area contributed by atoms with E-state index in [4.69, 9.17) is 0 Å². The Hall–Kier alpha value is -0.0800. The SMILES string of the molecule is CCC1(C)CN(C2CCC2)CCN1. The zero-order valence-corrected chi connectivity index (χ0v) is 8.97. The van der Waals surface area contributed by atoms with E-state index in [1.165, 1.54) is 45.3 Å².